The van der Waals surface area contributed by atoms with Crippen molar-refractivity contribution in [1.82, 2.24) is 4.98 Å². The minimum atomic E-state index is -4.33. The summed E-state index contributed by atoms with van der Waals surface area (Å²) < 4.78 is 37.6. The van der Waals surface area contributed by atoms with Gasteiger partial charge in [-0.15, -0.1) is 0 Å². The van der Waals surface area contributed by atoms with Crippen molar-refractivity contribution < 1.29 is 13.2 Å². The molecule has 0 amide bonds. The molecule has 1 aromatic carbocycles. The van der Waals surface area contributed by atoms with Crippen LogP contribution in [0.3, 0.4) is 0 Å². The van der Waals surface area contributed by atoms with E-state index < -0.39 is 11.7 Å². The Morgan fingerprint density at radius 1 is 1.17 bits per heavy atom. The number of nitrogens with zero attached hydrogens (tertiary/aromatic N) is 1. The van der Waals surface area contributed by atoms with Crippen LogP contribution in [0, 0.1) is 6.92 Å². The smallest absolute Gasteiger partial charge is 0.355 e. The van der Waals surface area contributed by atoms with Gasteiger partial charge in [-0.05, 0) is 36.8 Å². The molecule has 0 atom stereocenters. The second-order valence-corrected chi connectivity index (χ2v) is 3.89. The molecule has 2 aromatic rings. The molecule has 0 saturated carbocycles. The normalized spacial score (nSPS) is 11.3. The zero-order valence-electron chi connectivity index (χ0n) is 9.62. The van der Waals surface area contributed by atoms with Gasteiger partial charge in [-0.2, -0.15) is 13.2 Å². The maximum atomic E-state index is 12.5. The highest BCUT2D eigenvalue weighted by molar-refractivity contribution is 5.62. The highest BCUT2D eigenvalue weighted by Gasteiger charge is 2.30. The van der Waals surface area contributed by atoms with Crippen molar-refractivity contribution in [3.63, 3.8) is 0 Å². The Bertz CT molecular complexity index is 550. The Labute approximate surface area is 102 Å². The van der Waals surface area contributed by atoms with Crippen molar-refractivity contribution in [2.45, 2.75) is 13.1 Å². The maximum Gasteiger partial charge on any atom is 0.416 e. The highest BCUT2D eigenvalue weighted by Crippen LogP contribution is 2.31. The zero-order valence-corrected chi connectivity index (χ0v) is 9.62. The lowest BCUT2D eigenvalue weighted by Crippen LogP contribution is -2.05. The van der Waals surface area contributed by atoms with E-state index in [-0.39, 0.29) is 0 Å². The second-order valence-electron chi connectivity index (χ2n) is 3.89. The van der Waals surface area contributed by atoms with Crippen LogP contribution in [-0.4, -0.2) is 4.98 Å². The number of nitrogens with one attached hydrogen (secondary N) is 1. The molecule has 1 heterocycles. The summed E-state index contributed by atoms with van der Waals surface area (Å²) in [6, 6.07) is 6.82. The van der Waals surface area contributed by atoms with Crippen LogP contribution in [0.4, 0.5) is 24.5 Å². The van der Waals surface area contributed by atoms with E-state index in [1.807, 2.05) is 6.92 Å². The molecular formula is C13H11F3N2. The molecule has 2 rings (SSSR count). The van der Waals surface area contributed by atoms with Crippen LogP contribution in [0.5, 0.6) is 0 Å². The summed E-state index contributed by atoms with van der Waals surface area (Å²) in [5.74, 6) is 0. The predicted octanol–water partition coefficient (Wildman–Crippen LogP) is 4.15. The topological polar surface area (TPSA) is 24.9 Å². The fourth-order valence-electron chi connectivity index (χ4n) is 1.54. The van der Waals surface area contributed by atoms with Crippen molar-refractivity contribution in [1.29, 1.82) is 0 Å². The van der Waals surface area contributed by atoms with Gasteiger partial charge in [0.1, 0.15) is 0 Å². The molecule has 0 aliphatic rings. The van der Waals surface area contributed by atoms with Gasteiger partial charge in [-0.3, -0.25) is 4.98 Å². The average Bonchev–Trinajstić information content (AvgIpc) is 2.31. The monoisotopic (exact) mass is 252 g/mol. The van der Waals surface area contributed by atoms with E-state index in [1.165, 1.54) is 6.07 Å². The van der Waals surface area contributed by atoms with E-state index in [1.54, 1.807) is 24.5 Å². The Balaban J connectivity index is 2.28. The third-order valence-corrected chi connectivity index (χ3v) is 2.49. The molecule has 0 radical (unpaired) electrons. The van der Waals surface area contributed by atoms with Gasteiger partial charge in [0, 0.05) is 23.8 Å². The van der Waals surface area contributed by atoms with Gasteiger partial charge in [-0.1, -0.05) is 6.07 Å². The van der Waals surface area contributed by atoms with Crippen LogP contribution in [0.15, 0.2) is 42.7 Å². The Hall–Kier alpha value is -2.04. The first kappa shape index (κ1) is 12.4. The predicted molar refractivity (Wildman–Crippen MR) is 63.7 cm³/mol. The van der Waals surface area contributed by atoms with E-state index in [0.717, 1.165) is 23.4 Å². The van der Waals surface area contributed by atoms with E-state index in [2.05, 4.69) is 10.3 Å². The lowest BCUT2D eigenvalue weighted by molar-refractivity contribution is -0.137. The standard InChI is InChI=1S/C13H11F3N2/c1-9-8-17-6-5-12(9)18-11-4-2-3-10(7-11)13(14,15)16/h2-8H,1H3,(H,17,18). The summed E-state index contributed by atoms with van der Waals surface area (Å²) in [6.45, 7) is 1.84. The summed E-state index contributed by atoms with van der Waals surface area (Å²) in [5.41, 5.74) is 1.34. The van der Waals surface area contributed by atoms with Crippen LogP contribution in [0.25, 0.3) is 0 Å². The van der Waals surface area contributed by atoms with Crippen molar-refractivity contribution in [2.75, 3.05) is 5.32 Å². The first-order valence-corrected chi connectivity index (χ1v) is 5.32. The van der Waals surface area contributed by atoms with Gasteiger partial charge in [-0.25, -0.2) is 0 Å². The van der Waals surface area contributed by atoms with Crippen LogP contribution in [-0.2, 0) is 6.18 Å². The highest BCUT2D eigenvalue weighted by atomic mass is 19.4. The minimum absolute atomic E-state index is 0.402. The Kier molecular flexibility index (Phi) is 3.23. The molecule has 0 aliphatic carbocycles. The third-order valence-electron chi connectivity index (χ3n) is 2.49. The first-order chi connectivity index (χ1) is 8.47. The number of aromatic nitrogens is 1. The molecule has 18 heavy (non-hydrogen) atoms. The quantitative estimate of drug-likeness (QED) is 0.868. The lowest BCUT2D eigenvalue weighted by atomic mass is 10.2. The van der Waals surface area contributed by atoms with Gasteiger partial charge < -0.3 is 5.32 Å². The van der Waals surface area contributed by atoms with Crippen LogP contribution >= 0.6 is 0 Å². The second kappa shape index (κ2) is 4.68. The molecule has 0 bridgehead atoms. The molecular weight excluding hydrogens is 241 g/mol. The summed E-state index contributed by atoms with van der Waals surface area (Å²) >= 11 is 0. The van der Waals surface area contributed by atoms with Crippen LogP contribution in [0.2, 0.25) is 0 Å². The largest absolute Gasteiger partial charge is 0.416 e. The minimum Gasteiger partial charge on any atom is -0.355 e. The van der Waals surface area contributed by atoms with Crippen LogP contribution in [0.1, 0.15) is 11.1 Å². The molecule has 94 valence electrons. The van der Waals surface area contributed by atoms with Gasteiger partial charge in [0.15, 0.2) is 0 Å². The van der Waals surface area contributed by atoms with Crippen LogP contribution < -0.4 is 5.32 Å². The van der Waals surface area contributed by atoms with E-state index in [9.17, 15) is 13.2 Å². The van der Waals surface area contributed by atoms with E-state index >= 15 is 0 Å². The Morgan fingerprint density at radius 3 is 2.61 bits per heavy atom. The molecule has 0 aliphatic heterocycles. The molecule has 0 saturated heterocycles. The fraction of sp³-hybridized carbons (Fsp3) is 0.154. The molecule has 2 nitrogen and oxygen atoms in total. The van der Waals surface area contributed by atoms with Gasteiger partial charge in [0.05, 0.1) is 5.56 Å². The Morgan fingerprint density at radius 2 is 1.94 bits per heavy atom. The summed E-state index contributed by atoms with van der Waals surface area (Å²) in [5, 5.41) is 2.94. The number of aryl methyl sites for hydroxylation is 1. The molecule has 0 spiro atoms. The zero-order chi connectivity index (χ0) is 13.2. The first-order valence-electron chi connectivity index (χ1n) is 5.32. The number of pyridine rings is 1. The summed E-state index contributed by atoms with van der Waals surface area (Å²) in [4.78, 5) is 3.92. The molecule has 0 unspecified atom stereocenters. The van der Waals surface area contributed by atoms with Gasteiger partial charge in [0.25, 0.3) is 0 Å². The number of hydrogen-bond acceptors (Lipinski definition) is 2. The number of benzene rings is 1. The lowest BCUT2D eigenvalue weighted by Gasteiger charge is -2.11. The number of hydrogen-bond donors (Lipinski definition) is 1. The SMILES string of the molecule is Cc1cnccc1Nc1cccc(C(F)(F)F)c1. The van der Waals surface area contributed by atoms with Crippen molar-refractivity contribution in [2.24, 2.45) is 0 Å². The number of rotatable bonds is 2. The van der Waals surface area contributed by atoms with E-state index in [0.29, 0.717) is 5.69 Å². The molecule has 1 N–H and O–H groups in total. The van der Waals surface area contributed by atoms with Crippen molar-refractivity contribution >= 4 is 11.4 Å². The number of anilines is 2. The van der Waals surface area contributed by atoms with Crippen molar-refractivity contribution in [3.05, 3.63) is 53.9 Å². The fourth-order valence-corrected chi connectivity index (χ4v) is 1.54. The number of alkyl halides is 3. The maximum absolute atomic E-state index is 12.5. The third kappa shape index (κ3) is 2.80. The molecule has 5 heteroatoms. The average molecular weight is 252 g/mol. The van der Waals surface area contributed by atoms with Gasteiger partial charge in [0.2, 0.25) is 0 Å². The van der Waals surface area contributed by atoms with E-state index in [4.69, 9.17) is 0 Å². The summed E-state index contributed by atoms with van der Waals surface area (Å²) in [7, 11) is 0. The molecule has 0 fully saturated rings. The number of halogens is 3. The molecule has 1 aromatic heterocycles. The van der Waals surface area contributed by atoms with Gasteiger partial charge >= 0.3 is 6.18 Å². The summed E-state index contributed by atoms with van der Waals surface area (Å²) in [6.07, 6.45) is -1.09. The van der Waals surface area contributed by atoms with Crippen molar-refractivity contribution in [3.8, 4) is 0 Å².